The van der Waals surface area contributed by atoms with Gasteiger partial charge in [-0.1, -0.05) is 0 Å². The van der Waals surface area contributed by atoms with Gasteiger partial charge in [-0.3, -0.25) is 9.11 Å². The summed E-state index contributed by atoms with van der Waals surface area (Å²) in [4.78, 5) is 15.6. The Kier molecular flexibility index (Phi) is 3.71. The molecule has 2 aromatic heterocycles. The van der Waals surface area contributed by atoms with E-state index < -0.39 is 16.6 Å². The van der Waals surface area contributed by atoms with Gasteiger partial charge in [-0.05, 0) is 13.3 Å². The van der Waals surface area contributed by atoms with Gasteiger partial charge < -0.3 is 10.4 Å². The second-order valence-electron chi connectivity index (χ2n) is 5.35. The molecule has 9 heteroatoms. The van der Waals surface area contributed by atoms with Gasteiger partial charge in [0.15, 0.2) is 5.65 Å². The molecule has 0 radical (unpaired) electrons. The number of fused-ring (bicyclic) bond motifs is 1. The third-order valence-corrected chi connectivity index (χ3v) is 5.63. The average molecular weight is 326 g/mol. The second kappa shape index (κ2) is 5.41. The van der Waals surface area contributed by atoms with E-state index in [-0.39, 0.29) is 17.4 Å². The van der Waals surface area contributed by atoms with Crippen molar-refractivity contribution < 1.29 is 19.0 Å². The van der Waals surface area contributed by atoms with Crippen LogP contribution in [0.3, 0.4) is 0 Å². The monoisotopic (exact) mass is 326 g/mol. The number of nitrogens with one attached hydrogen (secondary N) is 1. The van der Waals surface area contributed by atoms with Crippen LogP contribution in [0.5, 0.6) is 0 Å². The van der Waals surface area contributed by atoms with Gasteiger partial charge in [-0.15, -0.1) is 0 Å². The molecule has 0 bridgehead atoms. The maximum Gasteiger partial charge on any atom is 0.339 e. The molecule has 1 saturated heterocycles. The Balaban J connectivity index is 2.03. The quantitative estimate of drug-likeness (QED) is 0.679. The van der Waals surface area contributed by atoms with Gasteiger partial charge in [0.05, 0.1) is 23.0 Å². The largest absolute Gasteiger partial charge is 0.478 e. The summed E-state index contributed by atoms with van der Waals surface area (Å²) in [5.41, 5.74) is 1.12. The molecule has 3 heterocycles. The van der Waals surface area contributed by atoms with E-state index in [0.29, 0.717) is 35.4 Å². The van der Waals surface area contributed by atoms with E-state index in [4.69, 9.17) is 0 Å². The summed E-state index contributed by atoms with van der Waals surface area (Å²) in [6.45, 7) is 2.56. The molecule has 1 aliphatic heterocycles. The highest BCUT2D eigenvalue weighted by Crippen LogP contribution is 2.46. The first-order valence-corrected chi connectivity index (χ1v) is 8.87. The maximum atomic E-state index is 11.4. The Morgan fingerprint density at radius 1 is 1.50 bits per heavy atom. The summed E-state index contributed by atoms with van der Waals surface area (Å²) in [6.07, 6.45) is 3.49. The first kappa shape index (κ1) is 15.1. The summed E-state index contributed by atoms with van der Waals surface area (Å²) in [5.74, 6) is -0.501. The predicted octanol–water partition coefficient (Wildman–Crippen LogP) is 2.08. The molecule has 1 unspecified atom stereocenters. The molecule has 1 fully saturated rings. The lowest BCUT2D eigenvalue weighted by Gasteiger charge is -2.26. The lowest BCUT2D eigenvalue weighted by molar-refractivity contribution is 0.0697. The van der Waals surface area contributed by atoms with E-state index in [1.165, 1.54) is 6.20 Å². The van der Waals surface area contributed by atoms with E-state index in [9.17, 15) is 19.0 Å². The maximum absolute atomic E-state index is 11.4. The summed E-state index contributed by atoms with van der Waals surface area (Å²) in [7, 11) is -2.55. The second-order valence-corrected chi connectivity index (χ2v) is 7.70. The molecule has 0 spiro atoms. The van der Waals surface area contributed by atoms with Crippen molar-refractivity contribution in [1.29, 1.82) is 0 Å². The molecular formula is C13H18N4O4S. The molecule has 2 aromatic rings. The predicted molar refractivity (Wildman–Crippen MR) is 84.8 cm³/mol. The number of pyridine rings is 1. The highest BCUT2D eigenvalue weighted by molar-refractivity contribution is 8.24. The number of hydrogen-bond donors (Lipinski definition) is 4. The molecule has 0 aliphatic carbocycles. The Labute approximate surface area is 128 Å². The van der Waals surface area contributed by atoms with Crippen LogP contribution in [0.15, 0.2) is 12.4 Å². The summed E-state index contributed by atoms with van der Waals surface area (Å²) >= 11 is 0. The first-order chi connectivity index (χ1) is 10.4. The zero-order chi connectivity index (χ0) is 15.9. The minimum Gasteiger partial charge on any atom is -0.478 e. The van der Waals surface area contributed by atoms with Crippen molar-refractivity contribution in [3.8, 4) is 0 Å². The average Bonchev–Trinajstić information content (AvgIpc) is 3.01. The van der Waals surface area contributed by atoms with Crippen LogP contribution >= 0.6 is 10.6 Å². The molecular weight excluding hydrogens is 308 g/mol. The van der Waals surface area contributed by atoms with Crippen LogP contribution in [0.2, 0.25) is 0 Å². The minimum atomic E-state index is -2.55. The van der Waals surface area contributed by atoms with Crippen LogP contribution < -0.4 is 5.32 Å². The molecule has 4 N–H and O–H groups in total. The Hall–Kier alpha value is -1.84. The van der Waals surface area contributed by atoms with Crippen LogP contribution in [-0.2, 0) is 6.54 Å². The Bertz CT molecular complexity index is 730. The Morgan fingerprint density at radius 3 is 2.86 bits per heavy atom. The number of aromatic carboxylic acids is 1. The van der Waals surface area contributed by atoms with Gasteiger partial charge in [-0.25, -0.2) is 14.5 Å². The lowest BCUT2D eigenvalue weighted by atomic mass is 10.1. The van der Waals surface area contributed by atoms with Gasteiger partial charge in [0.1, 0.15) is 5.56 Å². The van der Waals surface area contributed by atoms with Crippen molar-refractivity contribution in [2.45, 2.75) is 25.9 Å². The van der Waals surface area contributed by atoms with Crippen LogP contribution in [0.25, 0.3) is 11.0 Å². The number of nitrogens with zero attached hydrogens (tertiary/aromatic N) is 3. The number of carbonyl (C=O) groups is 1. The molecule has 1 aliphatic rings. The van der Waals surface area contributed by atoms with E-state index in [1.807, 2.05) is 6.92 Å². The normalized spacial score (nSPS) is 21.9. The standard InChI is InChI=1S/C13H18N4O4S/c1-2-17-12-9(6-15-17)11(10(5-14-12)13(18)19)16-8-3-4-22(20,21)7-8/h5-6,8,20-21H,2-4,7H2,1H3,(H,14,16)(H,18,19). The van der Waals surface area contributed by atoms with Crippen molar-refractivity contribution in [3.05, 3.63) is 18.0 Å². The SMILES string of the molecule is CCn1ncc2c(NC3CCS(O)(O)C3)c(C(=O)O)cnc21. The van der Waals surface area contributed by atoms with Crippen LogP contribution in [-0.4, -0.2) is 52.5 Å². The van der Waals surface area contributed by atoms with Crippen LogP contribution in [0, 0.1) is 0 Å². The number of aryl methyl sites for hydroxylation is 1. The van der Waals surface area contributed by atoms with Crippen molar-refractivity contribution in [3.63, 3.8) is 0 Å². The first-order valence-electron chi connectivity index (χ1n) is 6.99. The van der Waals surface area contributed by atoms with Crippen LogP contribution in [0.4, 0.5) is 5.69 Å². The number of rotatable bonds is 4. The smallest absolute Gasteiger partial charge is 0.339 e. The van der Waals surface area contributed by atoms with Crippen molar-refractivity contribution >= 4 is 33.3 Å². The van der Waals surface area contributed by atoms with E-state index in [2.05, 4.69) is 15.4 Å². The summed E-state index contributed by atoms with van der Waals surface area (Å²) in [5, 5.41) is 17.4. The fourth-order valence-corrected chi connectivity index (χ4v) is 4.44. The van der Waals surface area contributed by atoms with Gasteiger partial charge in [-0.2, -0.15) is 15.7 Å². The number of carboxylic acids is 1. The van der Waals surface area contributed by atoms with Crippen molar-refractivity contribution in [1.82, 2.24) is 14.8 Å². The van der Waals surface area contributed by atoms with E-state index in [0.717, 1.165) is 0 Å². The van der Waals surface area contributed by atoms with E-state index in [1.54, 1.807) is 10.9 Å². The van der Waals surface area contributed by atoms with Crippen molar-refractivity contribution in [2.24, 2.45) is 0 Å². The number of aromatic nitrogens is 3. The molecule has 0 amide bonds. The summed E-state index contributed by atoms with van der Waals surface area (Å²) < 4.78 is 21.2. The molecule has 22 heavy (non-hydrogen) atoms. The zero-order valence-corrected chi connectivity index (χ0v) is 12.9. The van der Waals surface area contributed by atoms with Crippen LogP contribution in [0.1, 0.15) is 23.7 Å². The fourth-order valence-electron chi connectivity index (χ4n) is 2.71. The number of carboxylic acid groups (broad SMARTS) is 1. The van der Waals surface area contributed by atoms with Gasteiger partial charge in [0.25, 0.3) is 0 Å². The minimum absolute atomic E-state index is 0.0616. The van der Waals surface area contributed by atoms with Gasteiger partial charge in [0.2, 0.25) is 0 Å². The molecule has 3 rings (SSSR count). The third-order valence-electron chi connectivity index (χ3n) is 3.81. The molecule has 120 valence electrons. The van der Waals surface area contributed by atoms with Gasteiger partial charge >= 0.3 is 5.97 Å². The zero-order valence-electron chi connectivity index (χ0n) is 12.1. The highest BCUT2D eigenvalue weighted by atomic mass is 32.3. The van der Waals surface area contributed by atoms with E-state index >= 15 is 0 Å². The van der Waals surface area contributed by atoms with Crippen molar-refractivity contribution in [2.75, 3.05) is 16.8 Å². The summed E-state index contributed by atoms with van der Waals surface area (Å²) in [6, 6.07) is -0.168. The topological polar surface area (TPSA) is 120 Å². The third kappa shape index (κ3) is 2.62. The fraction of sp³-hybridized carbons (Fsp3) is 0.462. The molecule has 0 aromatic carbocycles. The lowest BCUT2D eigenvalue weighted by Crippen LogP contribution is -2.22. The molecule has 0 saturated carbocycles. The number of anilines is 1. The molecule has 8 nitrogen and oxygen atoms in total. The highest BCUT2D eigenvalue weighted by Gasteiger charge is 2.30. The molecule has 1 atom stereocenters. The number of hydrogen-bond acceptors (Lipinski definition) is 6. The van der Waals surface area contributed by atoms with Gasteiger partial charge in [0, 0.05) is 24.5 Å². The Morgan fingerprint density at radius 2 is 2.27 bits per heavy atom.